The Morgan fingerprint density at radius 1 is 0.974 bits per heavy atom. The summed E-state index contributed by atoms with van der Waals surface area (Å²) < 4.78 is 16.5. The molecular formula is C31H32N2O5. The van der Waals surface area contributed by atoms with Crippen molar-refractivity contribution in [3.63, 3.8) is 0 Å². The number of methoxy groups -OCH3 is 1. The molecule has 3 aromatic carbocycles. The smallest absolute Gasteiger partial charge is 0.306 e. The number of hydrogen-bond acceptors (Lipinski definition) is 5. The molecule has 0 saturated heterocycles. The molecule has 1 aliphatic rings. The summed E-state index contributed by atoms with van der Waals surface area (Å²) in [4.78, 5) is 30.8. The van der Waals surface area contributed by atoms with Gasteiger partial charge in [0.25, 0.3) is 0 Å². The number of aromatic nitrogens is 1. The average molecular weight is 513 g/mol. The summed E-state index contributed by atoms with van der Waals surface area (Å²) in [6.45, 7) is 3.10. The van der Waals surface area contributed by atoms with Gasteiger partial charge in [-0.05, 0) is 60.4 Å². The molecule has 5 rings (SSSR count). The molecule has 2 heterocycles. The van der Waals surface area contributed by atoms with Crippen LogP contribution in [0.5, 0.6) is 11.5 Å². The van der Waals surface area contributed by atoms with Gasteiger partial charge in [-0.15, -0.1) is 0 Å². The number of ether oxygens (including phenoxy) is 3. The Kier molecular flexibility index (Phi) is 7.63. The SMILES string of the molecule is CCOC(=O)CCC(=O)N1CCc2c([nH]c3ccc(OC)cc23)[C@@H]1c1ccc(OCc2ccccc2)cc1. The predicted molar refractivity (Wildman–Crippen MR) is 145 cm³/mol. The zero-order chi connectivity index (χ0) is 26.5. The maximum absolute atomic E-state index is 13.4. The third kappa shape index (κ3) is 5.37. The molecule has 7 nitrogen and oxygen atoms in total. The number of aromatic amines is 1. The normalized spacial score (nSPS) is 14.7. The molecule has 0 saturated carbocycles. The molecule has 196 valence electrons. The van der Waals surface area contributed by atoms with E-state index in [0.29, 0.717) is 26.2 Å². The van der Waals surface area contributed by atoms with E-state index < -0.39 is 0 Å². The van der Waals surface area contributed by atoms with E-state index in [0.717, 1.165) is 39.2 Å². The Balaban J connectivity index is 1.44. The van der Waals surface area contributed by atoms with Crippen LogP contribution in [0.3, 0.4) is 0 Å². The van der Waals surface area contributed by atoms with Crippen molar-refractivity contribution in [2.24, 2.45) is 0 Å². The molecule has 1 aliphatic heterocycles. The lowest BCUT2D eigenvalue weighted by Crippen LogP contribution is -2.40. The van der Waals surface area contributed by atoms with Crippen LogP contribution in [0.2, 0.25) is 0 Å². The lowest BCUT2D eigenvalue weighted by Gasteiger charge is -2.36. The zero-order valence-electron chi connectivity index (χ0n) is 21.7. The fourth-order valence-electron chi connectivity index (χ4n) is 5.08. The summed E-state index contributed by atoms with van der Waals surface area (Å²) in [5, 5.41) is 1.10. The highest BCUT2D eigenvalue weighted by molar-refractivity contribution is 5.88. The number of benzene rings is 3. The van der Waals surface area contributed by atoms with Gasteiger partial charge in [0.2, 0.25) is 5.91 Å². The van der Waals surface area contributed by atoms with Gasteiger partial charge in [-0.2, -0.15) is 0 Å². The predicted octanol–water partition coefficient (Wildman–Crippen LogP) is 5.57. The van der Waals surface area contributed by atoms with Crippen molar-refractivity contribution in [2.45, 2.75) is 38.8 Å². The fourth-order valence-corrected chi connectivity index (χ4v) is 5.08. The third-order valence-electron chi connectivity index (χ3n) is 6.95. The van der Waals surface area contributed by atoms with E-state index in [9.17, 15) is 9.59 Å². The minimum Gasteiger partial charge on any atom is -0.497 e. The Morgan fingerprint density at radius 2 is 1.74 bits per heavy atom. The maximum atomic E-state index is 13.4. The molecule has 0 unspecified atom stereocenters. The molecule has 0 bridgehead atoms. The van der Waals surface area contributed by atoms with Crippen LogP contribution in [-0.4, -0.2) is 42.0 Å². The van der Waals surface area contributed by atoms with Gasteiger partial charge in [0.1, 0.15) is 18.1 Å². The van der Waals surface area contributed by atoms with E-state index in [1.165, 1.54) is 5.56 Å². The number of hydrogen-bond donors (Lipinski definition) is 1. The maximum Gasteiger partial charge on any atom is 0.306 e. The summed E-state index contributed by atoms with van der Waals surface area (Å²) in [5.41, 5.74) is 5.25. The highest BCUT2D eigenvalue weighted by atomic mass is 16.5. The number of nitrogens with one attached hydrogen (secondary N) is 1. The van der Waals surface area contributed by atoms with E-state index in [1.54, 1.807) is 14.0 Å². The van der Waals surface area contributed by atoms with Crippen LogP contribution in [-0.2, 0) is 27.4 Å². The number of carbonyl (C=O) groups is 2. The molecule has 38 heavy (non-hydrogen) atoms. The quantitative estimate of drug-likeness (QED) is 0.297. The Hall–Kier alpha value is -4.26. The fraction of sp³-hybridized carbons (Fsp3) is 0.290. The largest absolute Gasteiger partial charge is 0.497 e. The molecule has 1 amide bonds. The van der Waals surface area contributed by atoms with Gasteiger partial charge in [-0.1, -0.05) is 42.5 Å². The van der Waals surface area contributed by atoms with Crippen LogP contribution < -0.4 is 9.47 Å². The average Bonchev–Trinajstić information content (AvgIpc) is 3.33. The van der Waals surface area contributed by atoms with Crippen molar-refractivity contribution in [1.29, 1.82) is 0 Å². The second-order valence-electron chi connectivity index (χ2n) is 9.32. The number of H-pyrrole nitrogens is 1. The first-order chi connectivity index (χ1) is 18.6. The highest BCUT2D eigenvalue weighted by Crippen LogP contribution is 2.40. The first kappa shape index (κ1) is 25.4. The van der Waals surface area contributed by atoms with Crippen LogP contribution in [0.4, 0.5) is 0 Å². The number of fused-ring (bicyclic) bond motifs is 3. The molecule has 4 aromatic rings. The number of amides is 1. The van der Waals surface area contributed by atoms with Gasteiger partial charge < -0.3 is 24.1 Å². The van der Waals surface area contributed by atoms with Crippen molar-refractivity contribution in [3.8, 4) is 11.5 Å². The summed E-state index contributed by atoms with van der Waals surface area (Å²) in [6.07, 6.45) is 0.887. The van der Waals surface area contributed by atoms with Crippen molar-refractivity contribution in [3.05, 3.63) is 95.2 Å². The minimum atomic E-state index is -0.354. The highest BCUT2D eigenvalue weighted by Gasteiger charge is 2.34. The summed E-state index contributed by atoms with van der Waals surface area (Å²) in [5.74, 6) is 1.13. The molecule has 0 spiro atoms. The lowest BCUT2D eigenvalue weighted by atomic mass is 9.92. The molecule has 1 N–H and O–H groups in total. The molecule has 0 fully saturated rings. The van der Waals surface area contributed by atoms with E-state index in [4.69, 9.17) is 14.2 Å². The number of esters is 1. The van der Waals surface area contributed by atoms with E-state index in [1.807, 2.05) is 77.7 Å². The molecule has 0 aliphatic carbocycles. The van der Waals surface area contributed by atoms with Crippen LogP contribution in [0.1, 0.15) is 48.2 Å². The molecule has 1 atom stereocenters. The molecular weight excluding hydrogens is 480 g/mol. The minimum absolute atomic E-state index is 0.0684. The lowest BCUT2D eigenvalue weighted by molar-refractivity contribution is -0.146. The van der Waals surface area contributed by atoms with Crippen molar-refractivity contribution in [1.82, 2.24) is 9.88 Å². The van der Waals surface area contributed by atoms with Gasteiger partial charge in [-0.3, -0.25) is 9.59 Å². The standard InChI is InChI=1S/C31H32N2O5/c1-3-37-29(35)16-15-28(34)33-18-17-25-26-19-24(36-2)13-14-27(26)32-30(25)31(33)22-9-11-23(12-10-22)38-20-21-7-5-4-6-8-21/h4-14,19,31-32H,3,15-18,20H2,1-2H3/t31-/m0/s1. The monoisotopic (exact) mass is 512 g/mol. The summed E-state index contributed by atoms with van der Waals surface area (Å²) in [6, 6.07) is 23.6. The Morgan fingerprint density at radius 3 is 2.47 bits per heavy atom. The van der Waals surface area contributed by atoms with Crippen LogP contribution >= 0.6 is 0 Å². The van der Waals surface area contributed by atoms with E-state index in [-0.39, 0.29) is 30.8 Å². The molecule has 0 radical (unpaired) electrons. The van der Waals surface area contributed by atoms with Gasteiger partial charge in [0, 0.05) is 29.6 Å². The number of carbonyl (C=O) groups excluding carboxylic acids is 2. The van der Waals surface area contributed by atoms with Gasteiger partial charge in [0.15, 0.2) is 0 Å². The second-order valence-corrected chi connectivity index (χ2v) is 9.32. The molecule has 1 aromatic heterocycles. The van der Waals surface area contributed by atoms with Gasteiger partial charge >= 0.3 is 5.97 Å². The van der Waals surface area contributed by atoms with Crippen molar-refractivity contribution >= 4 is 22.8 Å². The van der Waals surface area contributed by atoms with Crippen molar-refractivity contribution in [2.75, 3.05) is 20.3 Å². The van der Waals surface area contributed by atoms with Gasteiger partial charge in [-0.25, -0.2) is 0 Å². The zero-order valence-corrected chi connectivity index (χ0v) is 21.7. The summed E-state index contributed by atoms with van der Waals surface area (Å²) >= 11 is 0. The van der Waals surface area contributed by atoms with Gasteiger partial charge in [0.05, 0.1) is 26.2 Å². The Bertz CT molecular complexity index is 1410. The first-order valence-electron chi connectivity index (χ1n) is 13.0. The second kappa shape index (κ2) is 11.4. The number of nitrogens with zero attached hydrogens (tertiary/aromatic N) is 1. The third-order valence-corrected chi connectivity index (χ3v) is 6.95. The first-order valence-corrected chi connectivity index (χ1v) is 13.0. The van der Waals surface area contributed by atoms with E-state index >= 15 is 0 Å². The van der Waals surface area contributed by atoms with Crippen molar-refractivity contribution < 1.29 is 23.8 Å². The van der Waals surface area contributed by atoms with Crippen LogP contribution in [0, 0.1) is 0 Å². The van der Waals surface area contributed by atoms with Crippen LogP contribution in [0.25, 0.3) is 10.9 Å². The van der Waals surface area contributed by atoms with Crippen LogP contribution in [0.15, 0.2) is 72.8 Å². The van der Waals surface area contributed by atoms with E-state index in [2.05, 4.69) is 4.98 Å². The number of rotatable bonds is 9. The summed E-state index contributed by atoms with van der Waals surface area (Å²) in [7, 11) is 1.66. The topological polar surface area (TPSA) is 80.9 Å². The Labute approximate surface area is 222 Å². The molecule has 7 heteroatoms.